The quantitative estimate of drug-likeness (QED) is 0.538. The topological polar surface area (TPSA) is 61.2 Å². The third-order valence-electron chi connectivity index (χ3n) is 5.56. The van der Waals surface area contributed by atoms with Gasteiger partial charge in [0, 0.05) is 15.5 Å². The maximum atomic E-state index is 13.3. The number of ether oxygens (including phenoxy) is 1. The van der Waals surface area contributed by atoms with E-state index in [1.807, 2.05) is 25.1 Å². The van der Waals surface area contributed by atoms with Crippen molar-refractivity contribution in [3.8, 4) is 0 Å². The maximum absolute atomic E-state index is 13.3. The van der Waals surface area contributed by atoms with E-state index in [2.05, 4.69) is 11.9 Å². The highest BCUT2D eigenvalue weighted by molar-refractivity contribution is 7.18. The van der Waals surface area contributed by atoms with Crippen molar-refractivity contribution < 1.29 is 9.53 Å². The summed E-state index contributed by atoms with van der Waals surface area (Å²) in [6, 6.07) is 6.53. The zero-order valence-corrected chi connectivity index (χ0v) is 18.1. The Bertz CT molecular complexity index is 1120. The predicted molar refractivity (Wildman–Crippen MR) is 116 cm³/mol. The van der Waals surface area contributed by atoms with Gasteiger partial charge in [-0.2, -0.15) is 0 Å². The van der Waals surface area contributed by atoms with Gasteiger partial charge in [-0.05, 0) is 43.2 Å². The van der Waals surface area contributed by atoms with Gasteiger partial charge < -0.3 is 4.74 Å². The molecule has 0 bridgehead atoms. The highest BCUT2D eigenvalue weighted by Gasteiger charge is 2.27. The van der Waals surface area contributed by atoms with Gasteiger partial charge >= 0.3 is 5.97 Å². The van der Waals surface area contributed by atoms with E-state index in [9.17, 15) is 9.59 Å². The molecule has 0 N–H and O–H groups in total. The summed E-state index contributed by atoms with van der Waals surface area (Å²) < 4.78 is 6.92. The molecule has 0 saturated carbocycles. The van der Waals surface area contributed by atoms with Crippen molar-refractivity contribution in [2.45, 2.75) is 52.2 Å². The first-order chi connectivity index (χ1) is 14.0. The molecule has 0 fully saturated rings. The number of hydrogen-bond donors (Lipinski definition) is 0. The highest BCUT2D eigenvalue weighted by Crippen LogP contribution is 2.35. The lowest BCUT2D eigenvalue weighted by molar-refractivity contribution is -0.149. The van der Waals surface area contributed by atoms with E-state index in [1.54, 1.807) is 17.4 Å². The molecule has 0 radical (unpaired) electrons. The van der Waals surface area contributed by atoms with E-state index >= 15 is 0 Å². The van der Waals surface area contributed by atoms with Crippen LogP contribution in [0.25, 0.3) is 10.2 Å². The first kappa shape index (κ1) is 20.1. The summed E-state index contributed by atoms with van der Waals surface area (Å²) in [6.07, 6.45) is 4.89. The minimum absolute atomic E-state index is 0.0746. The molecular weight excluding hydrogens is 408 g/mol. The van der Waals surface area contributed by atoms with E-state index in [1.165, 1.54) is 15.8 Å². The summed E-state index contributed by atoms with van der Waals surface area (Å²) >= 11 is 7.75. The van der Waals surface area contributed by atoms with Crippen LogP contribution in [0.5, 0.6) is 0 Å². The number of fused-ring (bicyclic) bond motifs is 3. The third-order valence-corrected chi connectivity index (χ3v) is 7.09. The molecule has 152 valence electrons. The van der Waals surface area contributed by atoms with Crippen molar-refractivity contribution in [3.63, 3.8) is 0 Å². The molecular formula is C22H23ClN2O3S. The van der Waals surface area contributed by atoms with Gasteiger partial charge in [-0.25, -0.2) is 9.78 Å². The Hall–Kier alpha value is -2.18. The first-order valence-electron chi connectivity index (χ1n) is 9.91. The second-order valence-corrected chi connectivity index (χ2v) is 9.10. The van der Waals surface area contributed by atoms with Crippen LogP contribution in [0.15, 0.2) is 35.4 Å². The van der Waals surface area contributed by atoms with Crippen LogP contribution in [0.2, 0.25) is 5.02 Å². The van der Waals surface area contributed by atoms with E-state index in [0.717, 1.165) is 35.2 Å². The number of rotatable bonds is 5. The summed E-state index contributed by atoms with van der Waals surface area (Å²) in [6.45, 7) is 4.18. The molecule has 0 saturated heterocycles. The Morgan fingerprint density at radius 3 is 2.97 bits per heavy atom. The molecule has 2 unspecified atom stereocenters. The lowest BCUT2D eigenvalue weighted by Crippen LogP contribution is -2.31. The molecule has 7 heteroatoms. The van der Waals surface area contributed by atoms with Crippen molar-refractivity contribution in [3.05, 3.63) is 62.0 Å². The number of hydrogen-bond acceptors (Lipinski definition) is 5. The van der Waals surface area contributed by atoms with Gasteiger partial charge in [-0.3, -0.25) is 9.36 Å². The molecule has 29 heavy (non-hydrogen) atoms. The molecule has 0 spiro atoms. The summed E-state index contributed by atoms with van der Waals surface area (Å²) in [4.78, 5) is 32.6. The van der Waals surface area contributed by atoms with Crippen LogP contribution in [0.4, 0.5) is 0 Å². The minimum Gasteiger partial charge on any atom is -0.459 e. The number of benzene rings is 1. The third kappa shape index (κ3) is 3.83. The van der Waals surface area contributed by atoms with Crippen molar-refractivity contribution in [1.82, 2.24) is 9.55 Å². The number of esters is 1. The molecule has 2 heterocycles. The summed E-state index contributed by atoms with van der Waals surface area (Å²) in [7, 11) is 0. The largest absolute Gasteiger partial charge is 0.459 e. The van der Waals surface area contributed by atoms with E-state index in [4.69, 9.17) is 16.3 Å². The van der Waals surface area contributed by atoms with Gasteiger partial charge in [-0.1, -0.05) is 43.6 Å². The molecule has 1 aromatic carbocycles. The van der Waals surface area contributed by atoms with Crippen LogP contribution in [-0.4, -0.2) is 15.5 Å². The Labute approximate surface area is 178 Å². The summed E-state index contributed by atoms with van der Waals surface area (Å²) in [5, 5.41) is 1.23. The van der Waals surface area contributed by atoms with Gasteiger partial charge in [0.25, 0.3) is 5.56 Å². The number of nitrogens with zero attached hydrogens (tertiary/aromatic N) is 2. The Morgan fingerprint density at radius 1 is 1.41 bits per heavy atom. The highest BCUT2D eigenvalue weighted by atomic mass is 35.5. The number of halogens is 1. The van der Waals surface area contributed by atoms with Gasteiger partial charge in [0.05, 0.1) is 11.7 Å². The Morgan fingerprint density at radius 2 is 2.21 bits per heavy atom. The number of aromatic nitrogens is 2. The smallest absolute Gasteiger partial charge is 0.329 e. The lowest BCUT2D eigenvalue weighted by atomic mass is 9.89. The number of carbonyl (C=O) groups is 1. The van der Waals surface area contributed by atoms with Crippen molar-refractivity contribution >= 4 is 39.1 Å². The van der Waals surface area contributed by atoms with Gasteiger partial charge in [0.2, 0.25) is 0 Å². The fourth-order valence-electron chi connectivity index (χ4n) is 3.90. The average molecular weight is 431 g/mol. The fraction of sp³-hybridized carbons (Fsp3) is 0.409. The summed E-state index contributed by atoms with van der Waals surface area (Å²) in [5.41, 5.74) is 1.71. The number of thiophene rings is 1. The van der Waals surface area contributed by atoms with Crippen LogP contribution in [0.3, 0.4) is 0 Å². The van der Waals surface area contributed by atoms with Gasteiger partial charge in [-0.15, -0.1) is 11.3 Å². The molecule has 1 aliphatic rings. The molecule has 0 amide bonds. The molecule has 3 aromatic rings. The van der Waals surface area contributed by atoms with Crippen LogP contribution in [0.1, 0.15) is 48.7 Å². The predicted octanol–water partition coefficient (Wildman–Crippen LogP) is 4.93. The molecule has 5 nitrogen and oxygen atoms in total. The number of aryl methyl sites for hydroxylation is 1. The normalized spacial score (nSPS) is 17.1. The first-order valence-corrected chi connectivity index (χ1v) is 11.1. The van der Waals surface area contributed by atoms with Crippen LogP contribution in [-0.2, 0) is 29.0 Å². The van der Waals surface area contributed by atoms with Crippen LogP contribution < -0.4 is 5.56 Å². The lowest BCUT2D eigenvalue weighted by Gasteiger charge is -2.19. The van der Waals surface area contributed by atoms with E-state index < -0.39 is 12.0 Å². The zero-order valence-electron chi connectivity index (χ0n) is 16.5. The van der Waals surface area contributed by atoms with Crippen molar-refractivity contribution in [2.75, 3.05) is 0 Å². The Kier molecular flexibility index (Phi) is 5.74. The number of carbonyl (C=O) groups excluding carboxylic acids is 1. The van der Waals surface area contributed by atoms with Crippen LogP contribution in [0, 0.1) is 5.92 Å². The van der Waals surface area contributed by atoms with Gasteiger partial charge in [0.15, 0.2) is 0 Å². The zero-order chi connectivity index (χ0) is 20.5. The van der Waals surface area contributed by atoms with Crippen molar-refractivity contribution in [1.29, 1.82) is 0 Å². The second-order valence-electron chi connectivity index (χ2n) is 7.61. The monoisotopic (exact) mass is 430 g/mol. The average Bonchev–Trinajstić information content (AvgIpc) is 3.07. The van der Waals surface area contributed by atoms with Crippen LogP contribution >= 0.6 is 22.9 Å². The minimum atomic E-state index is -0.708. The standard InChI is InChI=1S/C22H23ClN2O3S/c1-3-17(22(27)28-11-14-6-4-5-7-16(14)23)25-12-24-20-19(21(25)26)15-9-8-13(2)10-18(15)29-20/h4-7,12-13,17H,3,8-11H2,1-2H3. The fourth-order valence-corrected chi connectivity index (χ4v) is 5.43. The van der Waals surface area contributed by atoms with Crippen molar-refractivity contribution in [2.24, 2.45) is 5.92 Å². The van der Waals surface area contributed by atoms with E-state index in [-0.39, 0.29) is 12.2 Å². The second kappa shape index (κ2) is 8.28. The van der Waals surface area contributed by atoms with E-state index in [0.29, 0.717) is 22.7 Å². The molecule has 0 aliphatic heterocycles. The molecule has 1 aliphatic carbocycles. The SMILES string of the molecule is CCC(C(=O)OCc1ccccc1Cl)n1cnc2sc3c(c2c1=O)CCC(C)C3. The molecule has 2 aromatic heterocycles. The van der Waals surface area contributed by atoms with Gasteiger partial charge in [0.1, 0.15) is 17.5 Å². The molecule has 2 atom stereocenters. The maximum Gasteiger partial charge on any atom is 0.329 e. The Balaban J connectivity index is 1.63. The molecule has 4 rings (SSSR count). The summed E-state index contributed by atoms with van der Waals surface area (Å²) in [5.74, 6) is 0.175.